The number of fused-ring (bicyclic) bond motifs is 1. The molecule has 0 aliphatic rings. The molecule has 0 aliphatic heterocycles. The molecular formula is C11H15N3OS2. The van der Waals surface area contributed by atoms with Gasteiger partial charge in [0.2, 0.25) is 0 Å². The van der Waals surface area contributed by atoms with Crippen molar-refractivity contribution in [2.75, 3.05) is 18.1 Å². The van der Waals surface area contributed by atoms with E-state index in [2.05, 4.69) is 20.7 Å². The molecule has 0 aliphatic carbocycles. The van der Waals surface area contributed by atoms with Gasteiger partial charge in [0, 0.05) is 28.9 Å². The normalized spacial score (nSPS) is 14.8. The summed E-state index contributed by atoms with van der Waals surface area (Å²) >= 11 is 1.64. The number of nitrogens with one attached hydrogen (secondary N) is 1. The first-order valence-corrected chi connectivity index (χ1v) is 7.84. The molecule has 1 N–H and O–H groups in total. The van der Waals surface area contributed by atoms with Crippen LogP contribution in [0.1, 0.15) is 12.5 Å². The van der Waals surface area contributed by atoms with E-state index in [1.54, 1.807) is 23.9 Å². The smallest absolute Gasteiger partial charge is 0.147 e. The lowest BCUT2D eigenvalue weighted by Crippen LogP contribution is -2.21. The largest absolute Gasteiger partial charge is 0.368 e. The van der Waals surface area contributed by atoms with Crippen LogP contribution in [0, 0.1) is 6.92 Å². The predicted molar refractivity (Wildman–Crippen MR) is 74.2 cm³/mol. The number of aromatic nitrogens is 2. The number of hydrogen-bond acceptors (Lipinski definition) is 5. The minimum absolute atomic E-state index is 0.112. The van der Waals surface area contributed by atoms with Crippen molar-refractivity contribution in [1.29, 1.82) is 0 Å². The van der Waals surface area contributed by atoms with Crippen LogP contribution in [0.3, 0.4) is 0 Å². The van der Waals surface area contributed by atoms with Crippen molar-refractivity contribution in [3.05, 3.63) is 17.3 Å². The van der Waals surface area contributed by atoms with Gasteiger partial charge < -0.3 is 5.32 Å². The topological polar surface area (TPSA) is 54.9 Å². The lowest BCUT2D eigenvalue weighted by Gasteiger charge is -2.10. The molecule has 0 spiro atoms. The van der Waals surface area contributed by atoms with E-state index in [9.17, 15) is 4.21 Å². The van der Waals surface area contributed by atoms with Crippen LogP contribution in [0.4, 0.5) is 5.82 Å². The molecule has 0 saturated carbocycles. The Balaban J connectivity index is 2.21. The Morgan fingerprint density at radius 2 is 2.29 bits per heavy atom. The summed E-state index contributed by atoms with van der Waals surface area (Å²) in [6, 6.07) is 0. The van der Waals surface area contributed by atoms with Gasteiger partial charge in [0.1, 0.15) is 12.1 Å². The minimum atomic E-state index is -0.815. The molecule has 0 fully saturated rings. The van der Waals surface area contributed by atoms with Crippen LogP contribution in [0.5, 0.6) is 0 Å². The van der Waals surface area contributed by atoms with Crippen molar-refractivity contribution in [1.82, 2.24) is 9.97 Å². The van der Waals surface area contributed by atoms with Crippen LogP contribution in [0.25, 0.3) is 10.2 Å². The third-order valence-corrected chi connectivity index (χ3v) is 5.05. The summed E-state index contributed by atoms with van der Waals surface area (Å²) in [6.45, 7) is 4.66. The molecule has 2 unspecified atom stereocenters. The Kier molecular flexibility index (Phi) is 3.73. The monoisotopic (exact) mass is 269 g/mol. The van der Waals surface area contributed by atoms with Crippen molar-refractivity contribution >= 4 is 38.2 Å². The molecule has 2 heterocycles. The Bertz CT molecular complexity index is 553. The minimum Gasteiger partial charge on any atom is -0.368 e. The van der Waals surface area contributed by atoms with E-state index in [0.29, 0.717) is 6.54 Å². The number of hydrogen-bond donors (Lipinski definition) is 1. The van der Waals surface area contributed by atoms with Gasteiger partial charge in [-0.2, -0.15) is 0 Å². The first-order valence-electron chi connectivity index (χ1n) is 5.34. The Morgan fingerprint density at radius 3 is 3.00 bits per heavy atom. The number of anilines is 1. The highest BCUT2D eigenvalue weighted by Gasteiger charge is 2.10. The summed E-state index contributed by atoms with van der Waals surface area (Å²) in [6.07, 6.45) is 3.29. The summed E-state index contributed by atoms with van der Waals surface area (Å²) < 4.78 is 12.3. The van der Waals surface area contributed by atoms with Crippen molar-refractivity contribution in [2.45, 2.75) is 19.1 Å². The second kappa shape index (κ2) is 5.10. The summed E-state index contributed by atoms with van der Waals surface area (Å²) in [4.78, 5) is 8.50. The molecule has 0 amide bonds. The van der Waals surface area contributed by atoms with E-state index in [4.69, 9.17) is 0 Å². The van der Waals surface area contributed by atoms with Crippen molar-refractivity contribution in [3.8, 4) is 0 Å². The third-order valence-electron chi connectivity index (χ3n) is 2.65. The van der Waals surface area contributed by atoms with E-state index in [0.717, 1.165) is 16.0 Å². The van der Waals surface area contributed by atoms with Crippen LogP contribution in [0.2, 0.25) is 0 Å². The van der Waals surface area contributed by atoms with Crippen LogP contribution in [-0.2, 0) is 10.8 Å². The number of aryl methyl sites for hydroxylation is 1. The molecule has 6 heteroatoms. The molecule has 0 saturated heterocycles. The summed E-state index contributed by atoms with van der Waals surface area (Å²) in [5, 5.41) is 5.44. The van der Waals surface area contributed by atoms with Crippen LogP contribution in [-0.4, -0.2) is 32.2 Å². The van der Waals surface area contributed by atoms with Crippen LogP contribution >= 0.6 is 11.3 Å². The van der Waals surface area contributed by atoms with Gasteiger partial charge in [0.05, 0.1) is 10.2 Å². The van der Waals surface area contributed by atoms with Crippen molar-refractivity contribution < 1.29 is 4.21 Å². The average molecular weight is 269 g/mol. The van der Waals surface area contributed by atoms with E-state index >= 15 is 0 Å². The molecule has 0 bridgehead atoms. The number of thiophene rings is 1. The summed E-state index contributed by atoms with van der Waals surface area (Å²) in [5.41, 5.74) is 2.17. The molecule has 2 rings (SSSR count). The molecule has 2 aromatic rings. The molecule has 2 aromatic heterocycles. The lowest BCUT2D eigenvalue weighted by atomic mass is 10.3. The third kappa shape index (κ3) is 2.63. The molecule has 0 radical (unpaired) electrons. The van der Waals surface area contributed by atoms with Gasteiger partial charge in [-0.25, -0.2) is 9.97 Å². The lowest BCUT2D eigenvalue weighted by molar-refractivity contribution is 0.679. The standard InChI is InChI=1S/C11H15N3OS2/c1-7-5-16-10-9(7)13-6-14-11(10)12-4-8(2)17(3)15/h5-6,8H,4H2,1-3H3,(H,12,13,14). The molecule has 0 aromatic carbocycles. The quantitative estimate of drug-likeness (QED) is 0.924. The summed E-state index contributed by atoms with van der Waals surface area (Å²) in [5.74, 6) is 0.838. The zero-order valence-corrected chi connectivity index (χ0v) is 11.7. The van der Waals surface area contributed by atoms with E-state index < -0.39 is 10.8 Å². The molecular weight excluding hydrogens is 254 g/mol. The molecule has 2 atom stereocenters. The fourth-order valence-electron chi connectivity index (χ4n) is 1.45. The SMILES string of the molecule is Cc1csc2c(NCC(C)S(C)=O)ncnc12. The highest BCUT2D eigenvalue weighted by molar-refractivity contribution is 7.84. The van der Waals surface area contributed by atoms with Crippen LogP contribution in [0.15, 0.2) is 11.7 Å². The van der Waals surface area contributed by atoms with E-state index in [1.807, 2.05) is 13.8 Å². The number of nitrogens with zero attached hydrogens (tertiary/aromatic N) is 2. The first-order chi connectivity index (χ1) is 8.09. The molecule has 4 nitrogen and oxygen atoms in total. The van der Waals surface area contributed by atoms with Crippen molar-refractivity contribution in [2.24, 2.45) is 0 Å². The fraction of sp³-hybridized carbons (Fsp3) is 0.455. The van der Waals surface area contributed by atoms with E-state index in [-0.39, 0.29) is 5.25 Å². The maximum atomic E-state index is 11.3. The average Bonchev–Trinajstić information content (AvgIpc) is 2.69. The highest BCUT2D eigenvalue weighted by Crippen LogP contribution is 2.28. The zero-order chi connectivity index (χ0) is 12.4. The van der Waals surface area contributed by atoms with Crippen molar-refractivity contribution in [3.63, 3.8) is 0 Å². The number of rotatable bonds is 4. The molecule has 17 heavy (non-hydrogen) atoms. The second-order valence-corrected chi connectivity index (χ2v) is 6.69. The maximum absolute atomic E-state index is 11.3. The Hall–Kier alpha value is -1.01. The second-order valence-electron chi connectivity index (χ2n) is 4.01. The first kappa shape index (κ1) is 12.4. The summed E-state index contributed by atoms with van der Waals surface area (Å²) in [7, 11) is -0.815. The zero-order valence-electron chi connectivity index (χ0n) is 10.1. The van der Waals surface area contributed by atoms with Gasteiger partial charge in [-0.15, -0.1) is 11.3 Å². The van der Waals surface area contributed by atoms with Gasteiger partial charge in [-0.3, -0.25) is 4.21 Å². The van der Waals surface area contributed by atoms with Gasteiger partial charge >= 0.3 is 0 Å². The predicted octanol–water partition coefficient (Wildman–Crippen LogP) is 2.18. The molecule has 92 valence electrons. The van der Waals surface area contributed by atoms with Crippen LogP contribution < -0.4 is 5.32 Å². The van der Waals surface area contributed by atoms with Gasteiger partial charge in [0.25, 0.3) is 0 Å². The maximum Gasteiger partial charge on any atom is 0.147 e. The highest BCUT2D eigenvalue weighted by atomic mass is 32.2. The van der Waals surface area contributed by atoms with Gasteiger partial charge in [0.15, 0.2) is 0 Å². The Morgan fingerprint density at radius 1 is 1.53 bits per heavy atom. The Labute approximate surface area is 107 Å². The van der Waals surface area contributed by atoms with Gasteiger partial charge in [-0.1, -0.05) is 0 Å². The van der Waals surface area contributed by atoms with E-state index in [1.165, 1.54) is 5.56 Å². The fourth-order valence-corrected chi connectivity index (χ4v) is 2.74. The van der Waals surface area contributed by atoms with Gasteiger partial charge in [-0.05, 0) is 24.8 Å².